The Morgan fingerprint density at radius 2 is 2.19 bits per heavy atom. The Bertz CT molecular complexity index is 377. The number of hydrogen-bond acceptors (Lipinski definition) is 5. The summed E-state index contributed by atoms with van der Waals surface area (Å²) in [5.74, 6) is 0.164. The van der Waals surface area contributed by atoms with Crippen LogP contribution in [-0.4, -0.2) is 19.1 Å². The molecule has 4 N–H and O–H groups in total. The first-order chi connectivity index (χ1) is 7.54. The Hall–Kier alpha value is -1.75. The SMILES string of the molecule is COc1ccc(COC(=O)[C@H](C)N)cc1N. The van der Waals surface area contributed by atoms with E-state index in [2.05, 4.69) is 0 Å². The number of carbonyl (C=O) groups excluding carboxylic acids is 1. The summed E-state index contributed by atoms with van der Waals surface area (Å²) in [4.78, 5) is 11.1. The first kappa shape index (κ1) is 12.3. The van der Waals surface area contributed by atoms with E-state index in [9.17, 15) is 4.79 Å². The van der Waals surface area contributed by atoms with E-state index in [4.69, 9.17) is 20.9 Å². The van der Waals surface area contributed by atoms with Crippen LogP contribution in [0, 0.1) is 0 Å². The molecule has 0 aliphatic carbocycles. The van der Waals surface area contributed by atoms with Crippen LogP contribution in [-0.2, 0) is 16.1 Å². The molecule has 0 aliphatic rings. The fourth-order valence-electron chi connectivity index (χ4n) is 1.16. The Labute approximate surface area is 94.3 Å². The van der Waals surface area contributed by atoms with Crippen LogP contribution >= 0.6 is 0 Å². The van der Waals surface area contributed by atoms with E-state index >= 15 is 0 Å². The average Bonchev–Trinajstić information content (AvgIpc) is 2.25. The molecule has 1 aromatic carbocycles. The molecule has 0 heterocycles. The first-order valence-electron chi connectivity index (χ1n) is 4.89. The van der Waals surface area contributed by atoms with E-state index in [-0.39, 0.29) is 6.61 Å². The van der Waals surface area contributed by atoms with Crippen LogP contribution < -0.4 is 16.2 Å². The van der Waals surface area contributed by atoms with E-state index in [1.54, 1.807) is 32.2 Å². The molecule has 0 amide bonds. The van der Waals surface area contributed by atoms with E-state index in [1.165, 1.54) is 0 Å². The van der Waals surface area contributed by atoms with E-state index < -0.39 is 12.0 Å². The van der Waals surface area contributed by atoms with Crippen molar-refractivity contribution in [1.82, 2.24) is 0 Å². The fourth-order valence-corrected chi connectivity index (χ4v) is 1.16. The number of ether oxygens (including phenoxy) is 2. The van der Waals surface area contributed by atoms with Crippen molar-refractivity contribution in [2.75, 3.05) is 12.8 Å². The fraction of sp³-hybridized carbons (Fsp3) is 0.364. The van der Waals surface area contributed by atoms with Crippen molar-refractivity contribution >= 4 is 11.7 Å². The normalized spacial score (nSPS) is 11.9. The summed E-state index contributed by atoms with van der Waals surface area (Å²) < 4.78 is 9.97. The standard InChI is InChI=1S/C11H16N2O3/c1-7(12)11(14)16-6-8-3-4-10(15-2)9(13)5-8/h3-5,7H,6,12-13H2,1-2H3/t7-/m0/s1. The summed E-state index contributed by atoms with van der Waals surface area (Å²) >= 11 is 0. The predicted octanol–water partition coefficient (Wildman–Crippen LogP) is 0.668. The van der Waals surface area contributed by atoms with Gasteiger partial charge in [-0.15, -0.1) is 0 Å². The second kappa shape index (κ2) is 5.37. The highest BCUT2D eigenvalue weighted by atomic mass is 16.5. The van der Waals surface area contributed by atoms with Crippen molar-refractivity contribution in [3.8, 4) is 5.75 Å². The lowest BCUT2D eigenvalue weighted by Crippen LogP contribution is -2.28. The van der Waals surface area contributed by atoms with Crippen molar-refractivity contribution in [2.24, 2.45) is 5.73 Å². The van der Waals surface area contributed by atoms with Crippen LogP contribution in [0.15, 0.2) is 18.2 Å². The van der Waals surface area contributed by atoms with Crippen molar-refractivity contribution in [3.63, 3.8) is 0 Å². The van der Waals surface area contributed by atoms with Gasteiger partial charge in [0, 0.05) is 0 Å². The minimum absolute atomic E-state index is 0.161. The van der Waals surface area contributed by atoms with Gasteiger partial charge in [-0.05, 0) is 24.6 Å². The molecule has 1 aromatic rings. The Kier molecular flexibility index (Phi) is 4.13. The van der Waals surface area contributed by atoms with Crippen molar-refractivity contribution in [3.05, 3.63) is 23.8 Å². The second-order valence-corrected chi connectivity index (χ2v) is 3.47. The third kappa shape index (κ3) is 3.13. The van der Waals surface area contributed by atoms with Crippen LogP contribution in [0.2, 0.25) is 0 Å². The van der Waals surface area contributed by atoms with E-state index in [0.29, 0.717) is 11.4 Å². The molecule has 88 valence electrons. The number of anilines is 1. The molecule has 16 heavy (non-hydrogen) atoms. The first-order valence-corrected chi connectivity index (χ1v) is 4.89. The number of rotatable bonds is 4. The maximum atomic E-state index is 11.1. The van der Waals surface area contributed by atoms with Crippen molar-refractivity contribution in [2.45, 2.75) is 19.6 Å². The van der Waals surface area contributed by atoms with Gasteiger partial charge in [-0.2, -0.15) is 0 Å². The molecule has 1 rings (SSSR count). The molecule has 5 heteroatoms. The largest absolute Gasteiger partial charge is 0.495 e. The molecule has 0 bridgehead atoms. The van der Waals surface area contributed by atoms with E-state index in [1.807, 2.05) is 0 Å². The van der Waals surface area contributed by atoms with Gasteiger partial charge >= 0.3 is 5.97 Å². The molecule has 5 nitrogen and oxygen atoms in total. The quantitative estimate of drug-likeness (QED) is 0.579. The van der Waals surface area contributed by atoms with Crippen LogP contribution in [0.4, 0.5) is 5.69 Å². The molecule has 0 saturated carbocycles. The number of hydrogen-bond donors (Lipinski definition) is 2. The van der Waals surface area contributed by atoms with Gasteiger partial charge in [0.05, 0.1) is 12.8 Å². The lowest BCUT2D eigenvalue weighted by atomic mass is 10.2. The van der Waals surface area contributed by atoms with Gasteiger partial charge in [0.25, 0.3) is 0 Å². The number of esters is 1. The van der Waals surface area contributed by atoms with Crippen LogP contribution in [0.5, 0.6) is 5.75 Å². The maximum Gasteiger partial charge on any atom is 0.322 e. The molecular formula is C11H16N2O3. The lowest BCUT2D eigenvalue weighted by molar-refractivity contribution is -0.146. The summed E-state index contributed by atoms with van der Waals surface area (Å²) in [6.07, 6.45) is 0. The Balaban J connectivity index is 2.62. The molecule has 0 radical (unpaired) electrons. The monoisotopic (exact) mass is 224 g/mol. The lowest BCUT2D eigenvalue weighted by Gasteiger charge is -2.09. The number of carbonyl (C=O) groups is 1. The summed E-state index contributed by atoms with van der Waals surface area (Å²) in [5.41, 5.74) is 12.4. The number of benzene rings is 1. The average molecular weight is 224 g/mol. The highest BCUT2D eigenvalue weighted by Gasteiger charge is 2.09. The number of nitrogen functional groups attached to an aromatic ring is 1. The highest BCUT2D eigenvalue weighted by Crippen LogP contribution is 2.22. The highest BCUT2D eigenvalue weighted by molar-refractivity contribution is 5.74. The predicted molar refractivity (Wildman–Crippen MR) is 60.9 cm³/mol. The number of nitrogens with two attached hydrogens (primary N) is 2. The Morgan fingerprint density at radius 3 is 2.69 bits per heavy atom. The minimum Gasteiger partial charge on any atom is -0.495 e. The van der Waals surface area contributed by atoms with Gasteiger partial charge in [-0.25, -0.2) is 0 Å². The van der Waals surface area contributed by atoms with Crippen LogP contribution in [0.25, 0.3) is 0 Å². The topological polar surface area (TPSA) is 87.6 Å². The molecule has 0 fully saturated rings. The summed E-state index contributed by atoms with van der Waals surface area (Å²) in [6, 6.07) is 4.59. The van der Waals surface area contributed by atoms with Gasteiger partial charge in [-0.3, -0.25) is 4.79 Å². The van der Waals surface area contributed by atoms with Gasteiger partial charge in [0.1, 0.15) is 18.4 Å². The zero-order valence-corrected chi connectivity index (χ0v) is 9.40. The molecule has 0 unspecified atom stereocenters. The summed E-state index contributed by atoms with van der Waals surface area (Å²) in [6.45, 7) is 1.74. The molecule has 0 aromatic heterocycles. The minimum atomic E-state index is -0.615. The van der Waals surface area contributed by atoms with Gasteiger partial charge < -0.3 is 20.9 Å². The third-order valence-electron chi connectivity index (χ3n) is 2.05. The zero-order chi connectivity index (χ0) is 12.1. The summed E-state index contributed by atoms with van der Waals surface area (Å²) in [5, 5.41) is 0. The second-order valence-electron chi connectivity index (χ2n) is 3.47. The molecule has 0 aliphatic heterocycles. The molecule has 0 saturated heterocycles. The molecule has 1 atom stereocenters. The molecule has 0 spiro atoms. The van der Waals surface area contributed by atoms with Gasteiger partial charge in [-0.1, -0.05) is 6.07 Å². The zero-order valence-electron chi connectivity index (χ0n) is 9.40. The van der Waals surface area contributed by atoms with Gasteiger partial charge in [0.15, 0.2) is 0 Å². The Morgan fingerprint density at radius 1 is 1.50 bits per heavy atom. The van der Waals surface area contributed by atoms with Crippen LogP contribution in [0.1, 0.15) is 12.5 Å². The third-order valence-corrected chi connectivity index (χ3v) is 2.05. The van der Waals surface area contributed by atoms with E-state index in [0.717, 1.165) is 5.56 Å². The molecular weight excluding hydrogens is 208 g/mol. The van der Waals surface area contributed by atoms with Gasteiger partial charge in [0.2, 0.25) is 0 Å². The summed E-state index contributed by atoms with van der Waals surface area (Å²) in [7, 11) is 1.54. The smallest absolute Gasteiger partial charge is 0.322 e. The van der Waals surface area contributed by atoms with Crippen molar-refractivity contribution in [1.29, 1.82) is 0 Å². The van der Waals surface area contributed by atoms with Crippen molar-refractivity contribution < 1.29 is 14.3 Å². The maximum absolute atomic E-state index is 11.1. The van der Waals surface area contributed by atoms with Crippen LogP contribution in [0.3, 0.4) is 0 Å². The number of methoxy groups -OCH3 is 1.